The second-order valence-corrected chi connectivity index (χ2v) is 7.10. The number of hydrogen-bond acceptors (Lipinski definition) is 6. The molecule has 7 heteroatoms. The summed E-state index contributed by atoms with van der Waals surface area (Å²) in [7, 11) is 0. The summed E-state index contributed by atoms with van der Waals surface area (Å²) in [4.78, 5) is 16.4. The van der Waals surface area contributed by atoms with Crippen molar-refractivity contribution in [3.63, 3.8) is 0 Å². The molecule has 0 saturated carbocycles. The molecule has 1 aliphatic heterocycles. The number of hydrogen-bond donors (Lipinski definition) is 1. The molecule has 134 valence electrons. The van der Waals surface area contributed by atoms with E-state index in [-0.39, 0.29) is 5.91 Å². The van der Waals surface area contributed by atoms with Crippen LogP contribution in [0.1, 0.15) is 17.9 Å². The molecular formula is C19H19N3O3S. The minimum atomic E-state index is -0.0147. The van der Waals surface area contributed by atoms with Crippen LogP contribution in [0.15, 0.2) is 45.6 Å². The van der Waals surface area contributed by atoms with Gasteiger partial charge in [0.15, 0.2) is 0 Å². The van der Waals surface area contributed by atoms with Gasteiger partial charge in [-0.2, -0.15) is 16.3 Å². The fraction of sp³-hybridized carbons (Fsp3) is 0.316. The van der Waals surface area contributed by atoms with Crippen LogP contribution in [0, 0.1) is 5.92 Å². The highest BCUT2D eigenvalue weighted by molar-refractivity contribution is 7.08. The first-order valence-corrected chi connectivity index (χ1v) is 9.55. The Balaban J connectivity index is 1.23. The van der Waals surface area contributed by atoms with Crippen molar-refractivity contribution in [3.8, 4) is 17.1 Å². The zero-order chi connectivity index (χ0) is 17.8. The van der Waals surface area contributed by atoms with Crippen molar-refractivity contribution in [3.05, 3.63) is 52.5 Å². The van der Waals surface area contributed by atoms with Crippen molar-refractivity contribution in [1.82, 2.24) is 15.5 Å². The summed E-state index contributed by atoms with van der Waals surface area (Å²) in [6.45, 7) is 1.24. The standard InChI is InChI=1S/C19H19N3O3S/c23-17(5-6-18-21-19(22-25-18)15-7-8-26-12-15)20-10-13-9-14-3-1-2-4-16(14)24-11-13/h1-4,7-8,12-13H,5-6,9-11H2,(H,20,23). The molecule has 2 aromatic heterocycles. The predicted octanol–water partition coefficient (Wildman–Crippen LogP) is 3.10. The van der Waals surface area contributed by atoms with E-state index >= 15 is 0 Å². The maximum Gasteiger partial charge on any atom is 0.227 e. The lowest BCUT2D eigenvalue weighted by atomic mass is 9.97. The summed E-state index contributed by atoms with van der Waals surface area (Å²) in [5.74, 6) is 2.28. The van der Waals surface area contributed by atoms with Gasteiger partial charge in [-0.15, -0.1) is 0 Å². The quantitative estimate of drug-likeness (QED) is 0.722. The van der Waals surface area contributed by atoms with E-state index in [0.717, 1.165) is 17.7 Å². The van der Waals surface area contributed by atoms with Gasteiger partial charge in [0.25, 0.3) is 0 Å². The molecule has 0 bridgehead atoms. The zero-order valence-corrected chi connectivity index (χ0v) is 15.0. The topological polar surface area (TPSA) is 77.2 Å². The number of aryl methyl sites for hydroxylation is 1. The molecule has 4 rings (SSSR count). The molecule has 6 nitrogen and oxygen atoms in total. The van der Waals surface area contributed by atoms with Crippen molar-refractivity contribution >= 4 is 17.2 Å². The minimum Gasteiger partial charge on any atom is -0.493 e. The smallest absolute Gasteiger partial charge is 0.227 e. The number of thiophene rings is 1. The molecule has 0 aliphatic carbocycles. The van der Waals surface area contributed by atoms with E-state index in [2.05, 4.69) is 21.5 Å². The van der Waals surface area contributed by atoms with E-state index in [1.165, 1.54) is 5.56 Å². The van der Waals surface area contributed by atoms with Crippen LogP contribution < -0.4 is 10.1 Å². The Labute approximate surface area is 155 Å². The lowest BCUT2D eigenvalue weighted by molar-refractivity contribution is -0.121. The lowest BCUT2D eigenvalue weighted by Crippen LogP contribution is -2.34. The fourth-order valence-corrected chi connectivity index (χ4v) is 3.59. The Bertz CT molecular complexity index is 876. The summed E-state index contributed by atoms with van der Waals surface area (Å²) in [6.07, 6.45) is 1.69. The zero-order valence-electron chi connectivity index (χ0n) is 14.2. The third-order valence-corrected chi connectivity index (χ3v) is 5.04. The van der Waals surface area contributed by atoms with Gasteiger partial charge in [0.2, 0.25) is 17.6 Å². The molecule has 3 heterocycles. The van der Waals surface area contributed by atoms with E-state index < -0.39 is 0 Å². The number of benzene rings is 1. The SMILES string of the molecule is O=C(CCc1nc(-c2ccsc2)no1)NCC1COc2ccccc2C1. The summed E-state index contributed by atoms with van der Waals surface area (Å²) in [5, 5.41) is 10.9. The van der Waals surface area contributed by atoms with Crippen LogP contribution in [0.5, 0.6) is 5.75 Å². The molecule has 1 unspecified atom stereocenters. The van der Waals surface area contributed by atoms with Gasteiger partial charge in [-0.3, -0.25) is 4.79 Å². The summed E-state index contributed by atoms with van der Waals surface area (Å²) in [6, 6.07) is 9.99. The normalized spacial score (nSPS) is 15.9. The van der Waals surface area contributed by atoms with E-state index in [1.807, 2.05) is 35.0 Å². The third-order valence-electron chi connectivity index (χ3n) is 4.36. The first kappa shape index (κ1) is 16.8. The van der Waals surface area contributed by atoms with E-state index in [1.54, 1.807) is 11.3 Å². The third kappa shape index (κ3) is 3.94. The average molecular weight is 369 g/mol. The van der Waals surface area contributed by atoms with Crippen molar-refractivity contribution in [2.75, 3.05) is 13.2 Å². The van der Waals surface area contributed by atoms with Crippen LogP contribution in [0.2, 0.25) is 0 Å². The molecule has 1 aromatic carbocycles. The predicted molar refractivity (Wildman–Crippen MR) is 98.1 cm³/mol. The van der Waals surface area contributed by atoms with Gasteiger partial charge in [0.05, 0.1) is 6.61 Å². The Kier molecular flexibility index (Phi) is 4.97. The van der Waals surface area contributed by atoms with Gasteiger partial charge in [-0.05, 0) is 29.5 Å². The Morgan fingerprint density at radius 3 is 3.12 bits per heavy atom. The summed E-state index contributed by atoms with van der Waals surface area (Å²) in [5.41, 5.74) is 2.14. The van der Waals surface area contributed by atoms with Crippen LogP contribution in [-0.2, 0) is 17.6 Å². The molecule has 0 radical (unpaired) electrons. The number of aromatic nitrogens is 2. The monoisotopic (exact) mass is 369 g/mol. The summed E-state index contributed by atoms with van der Waals surface area (Å²) >= 11 is 1.58. The van der Waals surface area contributed by atoms with Gasteiger partial charge < -0.3 is 14.6 Å². The maximum atomic E-state index is 12.1. The molecule has 26 heavy (non-hydrogen) atoms. The molecule has 0 fully saturated rings. The summed E-state index contributed by atoms with van der Waals surface area (Å²) < 4.78 is 11.0. The highest BCUT2D eigenvalue weighted by Gasteiger charge is 2.20. The number of fused-ring (bicyclic) bond motifs is 1. The Morgan fingerprint density at radius 2 is 2.23 bits per heavy atom. The second-order valence-electron chi connectivity index (χ2n) is 6.32. The first-order valence-electron chi connectivity index (χ1n) is 8.60. The first-order chi connectivity index (χ1) is 12.8. The molecule has 1 amide bonds. The molecular weight excluding hydrogens is 350 g/mol. The van der Waals surface area contributed by atoms with E-state index in [9.17, 15) is 4.79 Å². The number of amides is 1. The Hall–Kier alpha value is -2.67. The van der Waals surface area contributed by atoms with Crippen molar-refractivity contribution in [2.24, 2.45) is 5.92 Å². The molecule has 1 atom stereocenters. The van der Waals surface area contributed by atoms with Gasteiger partial charge in [-0.1, -0.05) is 23.4 Å². The number of carbonyl (C=O) groups is 1. The molecule has 3 aromatic rings. The van der Waals surface area contributed by atoms with Crippen LogP contribution >= 0.6 is 11.3 Å². The fourth-order valence-electron chi connectivity index (χ4n) is 2.95. The number of carbonyl (C=O) groups excluding carboxylic acids is 1. The maximum absolute atomic E-state index is 12.1. The van der Waals surface area contributed by atoms with Crippen LogP contribution in [0.25, 0.3) is 11.4 Å². The minimum absolute atomic E-state index is 0.0147. The number of nitrogens with zero attached hydrogens (tertiary/aromatic N) is 2. The lowest BCUT2D eigenvalue weighted by Gasteiger charge is -2.25. The highest BCUT2D eigenvalue weighted by atomic mass is 32.1. The number of para-hydroxylation sites is 1. The van der Waals surface area contributed by atoms with Crippen LogP contribution in [-0.4, -0.2) is 29.2 Å². The second kappa shape index (κ2) is 7.70. The average Bonchev–Trinajstić information content (AvgIpc) is 3.36. The molecule has 1 aliphatic rings. The van der Waals surface area contributed by atoms with Gasteiger partial charge in [0.1, 0.15) is 5.75 Å². The molecule has 1 N–H and O–H groups in total. The van der Waals surface area contributed by atoms with Crippen LogP contribution in [0.3, 0.4) is 0 Å². The number of ether oxygens (including phenoxy) is 1. The Morgan fingerprint density at radius 1 is 1.31 bits per heavy atom. The van der Waals surface area contributed by atoms with E-state index in [4.69, 9.17) is 9.26 Å². The highest BCUT2D eigenvalue weighted by Crippen LogP contribution is 2.26. The van der Waals surface area contributed by atoms with Crippen LogP contribution in [0.4, 0.5) is 0 Å². The van der Waals surface area contributed by atoms with E-state index in [0.29, 0.717) is 43.6 Å². The largest absolute Gasteiger partial charge is 0.493 e. The number of rotatable bonds is 6. The van der Waals surface area contributed by atoms with Gasteiger partial charge in [0, 0.05) is 36.2 Å². The van der Waals surface area contributed by atoms with Crippen molar-refractivity contribution < 1.29 is 14.1 Å². The van der Waals surface area contributed by atoms with Gasteiger partial charge >= 0.3 is 0 Å². The van der Waals surface area contributed by atoms with Crippen molar-refractivity contribution in [2.45, 2.75) is 19.3 Å². The molecule has 0 saturated heterocycles. The number of nitrogens with one attached hydrogen (secondary N) is 1. The van der Waals surface area contributed by atoms with Gasteiger partial charge in [-0.25, -0.2) is 0 Å². The molecule has 0 spiro atoms. The van der Waals surface area contributed by atoms with Crippen molar-refractivity contribution in [1.29, 1.82) is 0 Å².